The second kappa shape index (κ2) is 13.3. The van der Waals surface area contributed by atoms with Crippen molar-refractivity contribution < 1.29 is 27.5 Å². The van der Waals surface area contributed by atoms with E-state index >= 15 is 0 Å². The van der Waals surface area contributed by atoms with Gasteiger partial charge in [0.15, 0.2) is 0 Å². The fourth-order valence-electron chi connectivity index (χ4n) is 6.44. The molecule has 1 aromatic carbocycles. The maximum Gasteiger partial charge on any atom is 0.247 e. The third kappa shape index (κ3) is 6.34. The van der Waals surface area contributed by atoms with Crippen molar-refractivity contribution in [2.24, 2.45) is 11.8 Å². The standard InChI is InChI=1S/C30H41N5O6S/c1-40-23-10-11-26(41-2)27(21-23)42(38,39)35-14-8-4-3-6-13-32-29(36)24-19-22(20-25(24)35)30(37)34-17-15-33(16-18-34)28-9-5-7-12-31-28/h5,7,9-12,21-22,24-25H,3-4,6,8,13-20H2,1-2H3,(H,32,36). The van der Waals surface area contributed by atoms with Gasteiger partial charge in [-0.3, -0.25) is 9.59 Å². The summed E-state index contributed by atoms with van der Waals surface area (Å²) in [5.74, 6) is 0.221. The number of amides is 2. The van der Waals surface area contributed by atoms with E-state index in [1.165, 1.54) is 24.6 Å². The van der Waals surface area contributed by atoms with Crippen LogP contribution in [0.25, 0.3) is 0 Å². The van der Waals surface area contributed by atoms with Crippen molar-refractivity contribution in [2.45, 2.75) is 49.5 Å². The maximum absolute atomic E-state index is 14.3. The Hall–Kier alpha value is -3.38. The molecule has 3 unspecified atom stereocenters. The smallest absolute Gasteiger partial charge is 0.247 e. The van der Waals surface area contributed by atoms with E-state index in [4.69, 9.17) is 9.47 Å². The lowest BCUT2D eigenvalue weighted by Crippen LogP contribution is -2.50. The number of carbonyl (C=O) groups excluding carboxylic acids is 2. The van der Waals surface area contributed by atoms with Gasteiger partial charge in [-0.15, -0.1) is 0 Å². The summed E-state index contributed by atoms with van der Waals surface area (Å²) in [6.07, 6.45) is 5.62. The number of piperazine rings is 1. The number of carbonyl (C=O) groups is 2. The van der Waals surface area contributed by atoms with Gasteiger partial charge in [-0.1, -0.05) is 18.9 Å². The molecule has 1 N–H and O–H groups in total. The third-order valence-electron chi connectivity index (χ3n) is 8.71. The number of anilines is 1. The van der Waals surface area contributed by atoms with Crippen LogP contribution in [0.15, 0.2) is 47.5 Å². The Morgan fingerprint density at radius 3 is 2.45 bits per heavy atom. The molecule has 0 bridgehead atoms. The Kier molecular flexibility index (Phi) is 9.52. The van der Waals surface area contributed by atoms with Crippen molar-refractivity contribution in [3.05, 3.63) is 42.6 Å². The predicted octanol–water partition coefficient (Wildman–Crippen LogP) is 2.52. The first-order valence-corrected chi connectivity index (χ1v) is 16.2. The number of fused-ring (bicyclic) bond motifs is 1. The number of rotatable bonds is 6. The summed E-state index contributed by atoms with van der Waals surface area (Å²) in [6.45, 7) is 3.25. The van der Waals surface area contributed by atoms with Crippen LogP contribution in [0.1, 0.15) is 38.5 Å². The predicted molar refractivity (Wildman–Crippen MR) is 158 cm³/mol. The molecule has 2 aliphatic heterocycles. The van der Waals surface area contributed by atoms with Gasteiger partial charge in [-0.25, -0.2) is 13.4 Å². The van der Waals surface area contributed by atoms with E-state index in [1.54, 1.807) is 18.3 Å². The molecule has 228 valence electrons. The molecule has 5 rings (SSSR count). The van der Waals surface area contributed by atoms with Gasteiger partial charge in [0.1, 0.15) is 22.2 Å². The molecule has 1 aromatic heterocycles. The van der Waals surface area contributed by atoms with E-state index in [1.807, 2.05) is 23.1 Å². The summed E-state index contributed by atoms with van der Waals surface area (Å²) in [5, 5.41) is 3.02. The average molecular weight is 600 g/mol. The number of hydrogen-bond acceptors (Lipinski definition) is 8. The van der Waals surface area contributed by atoms with Crippen LogP contribution in [-0.4, -0.2) is 94.0 Å². The molecule has 2 amide bonds. The highest BCUT2D eigenvalue weighted by atomic mass is 32.2. The molecule has 1 aliphatic carbocycles. The van der Waals surface area contributed by atoms with E-state index < -0.39 is 27.9 Å². The fraction of sp³-hybridized carbons (Fsp3) is 0.567. The molecule has 12 heteroatoms. The molecule has 3 fully saturated rings. The monoisotopic (exact) mass is 599 g/mol. The van der Waals surface area contributed by atoms with Gasteiger partial charge < -0.3 is 24.6 Å². The minimum Gasteiger partial charge on any atom is -0.497 e. The van der Waals surface area contributed by atoms with Crippen LogP contribution in [0.3, 0.4) is 0 Å². The highest BCUT2D eigenvalue weighted by Crippen LogP contribution is 2.41. The summed E-state index contributed by atoms with van der Waals surface area (Å²) in [7, 11) is -1.18. The lowest BCUT2D eigenvalue weighted by Gasteiger charge is -2.36. The lowest BCUT2D eigenvalue weighted by atomic mass is 10.0. The molecule has 0 radical (unpaired) electrons. The molecule has 1 saturated carbocycles. The SMILES string of the molecule is COc1ccc(OC)c(S(=O)(=O)N2CCCCCCNC(=O)C3CC(C(=O)N4CCN(c5ccccn5)CC4)CC32)c1. The minimum atomic E-state index is -4.10. The zero-order chi connectivity index (χ0) is 29.7. The molecule has 3 atom stereocenters. The highest BCUT2D eigenvalue weighted by Gasteiger charge is 2.49. The minimum absolute atomic E-state index is 0.00111. The number of nitrogens with zero attached hydrogens (tertiary/aromatic N) is 4. The summed E-state index contributed by atoms with van der Waals surface area (Å²) in [5.41, 5.74) is 0. The first-order chi connectivity index (χ1) is 20.3. The van der Waals surface area contributed by atoms with Gasteiger partial charge in [-0.2, -0.15) is 4.31 Å². The van der Waals surface area contributed by atoms with Crippen molar-refractivity contribution in [1.82, 2.24) is 19.5 Å². The van der Waals surface area contributed by atoms with Crippen molar-refractivity contribution in [2.75, 3.05) is 58.4 Å². The van der Waals surface area contributed by atoms with Crippen LogP contribution in [0, 0.1) is 11.8 Å². The molecule has 2 aromatic rings. The quantitative estimate of drug-likeness (QED) is 0.538. The van der Waals surface area contributed by atoms with Crippen molar-refractivity contribution in [1.29, 1.82) is 0 Å². The van der Waals surface area contributed by atoms with E-state index in [-0.39, 0.29) is 29.0 Å². The zero-order valence-corrected chi connectivity index (χ0v) is 25.2. The number of nitrogens with one attached hydrogen (secondary N) is 1. The number of hydrogen-bond donors (Lipinski definition) is 1. The summed E-state index contributed by atoms with van der Waals surface area (Å²) >= 11 is 0. The number of ether oxygens (including phenoxy) is 2. The van der Waals surface area contributed by atoms with E-state index in [9.17, 15) is 18.0 Å². The van der Waals surface area contributed by atoms with E-state index in [2.05, 4.69) is 15.2 Å². The van der Waals surface area contributed by atoms with Gasteiger partial charge in [0.05, 0.1) is 20.1 Å². The number of benzene rings is 1. The van der Waals surface area contributed by atoms with Gasteiger partial charge in [-0.05, 0) is 49.9 Å². The van der Waals surface area contributed by atoms with Crippen LogP contribution in [0.2, 0.25) is 0 Å². The third-order valence-corrected chi connectivity index (χ3v) is 10.7. The number of aromatic nitrogens is 1. The zero-order valence-electron chi connectivity index (χ0n) is 24.4. The summed E-state index contributed by atoms with van der Waals surface area (Å²) < 4.78 is 40.9. The van der Waals surface area contributed by atoms with Crippen molar-refractivity contribution >= 4 is 27.7 Å². The lowest BCUT2D eigenvalue weighted by molar-refractivity contribution is -0.135. The molecular formula is C30H41N5O6S. The second-order valence-corrected chi connectivity index (χ2v) is 13.0. The normalized spacial score (nSPS) is 24.3. The number of sulfonamides is 1. The van der Waals surface area contributed by atoms with E-state index in [0.29, 0.717) is 57.7 Å². The Bertz CT molecular complexity index is 1350. The Morgan fingerprint density at radius 2 is 1.74 bits per heavy atom. The molecular weight excluding hydrogens is 558 g/mol. The van der Waals surface area contributed by atoms with Crippen molar-refractivity contribution in [3.63, 3.8) is 0 Å². The van der Waals surface area contributed by atoms with Gasteiger partial charge in [0.2, 0.25) is 21.8 Å². The first-order valence-electron chi connectivity index (χ1n) is 14.8. The van der Waals surface area contributed by atoms with Crippen LogP contribution >= 0.6 is 0 Å². The van der Waals surface area contributed by atoms with Crippen LogP contribution in [0.5, 0.6) is 11.5 Å². The fourth-order valence-corrected chi connectivity index (χ4v) is 8.32. The van der Waals surface area contributed by atoms with Gasteiger partial charge in [0, 0.05) is 63.5 Å². The van der Waals surface area contributed by atoms with Crippen molar-refractivity contribution in [3.8, 4) is 11.5 Å². The Morgan fingerprint density at radius 1 is 0.952 bits per heavy atom. The van der Waals surface area contributed by atoms with E-state index in [0.717, 1.165) is 25.1 Å². The number of pyridine rings is 1. The largest absolute Gasteiger partial charge is 0.497 e. The maximum atomic E-state index is 14.3. The Balaban J connectivity index is 1.40. The highest BCUT2D eigenvalue weighted by molar-refractivity contribution is 7.89. The topological polar surface area (TPSA) is 121 Å². The molecule has 42 heavy (non-hydrogen) atoms. The molecule has 0 spiro atoms. The van der Waals surface area contributed by atoms with Crippen LogP contribution in [0.4, 0.5) is 5.82 Å². The summed E-state index contributed by atoms with van der Waals surface area (Å²) in [4.78, 5) is 35.7. The van der Waals surface area contributed by atoms with Gasteiger partial charge >= 0.3 is 0 Å². The average Bonchev–Trinajstić information content (AvgIpc) is 3.45. The first kappa shape index (κ1) is 30.1. The number of methoxy groups -OCH3 is 2. The molecule has 2 saturated heterocycles. The van der Waals surface area contributed by atoms with Crippen LogP contribution < -0.4 is 19.7 Å². The Labute approximate surface area is 248 Å². The molecule has 3 heterocycles. The summed E-state index contributed by atoms with van der Waals surface area (Å²) in [6, 6.07) is 9.84. The van der Waals surface area contributed by atoms with Crippen LogP contribution in [-0.2, 0) is 19.6 Å². The molecule has 3 aliphatic rings. The van der Waals surface area contributed by atoms with Gasteiger partial charge in [0.25, 0.3) is 0 Å². The second-order valence-electron chi connectivity index (χ2n) is 11.2. The molecule has 11 nitrogen and oxygen atoms in total.